The van der Waals surface area contributed by atoms with Crippen LogP contribution in [0.15, 0.2) is 72.8 Å². The first-order valence-corrected chi connectivity index (χ1v) is 15.7. The van der Waals surface area contributed by atoms with Crippen molar-refractivity contribution < 1.29 is 93.5 Å². The van der Waals surface area contributed by atoms with Gasteiger partial charge in [0.25, 0.3) is 0 Å². The van der Waals surface area contributed by atoms with Gasteiger partial charge in [-0.25, -0.2) is 38.4 Å². The quantitative estimate of drug-likeness (QED) is 0.0667. The average Bonchev–Trinajstić information content (AvgIpc) is 3.15. The fourth-order valence-corrected chi connectivity index (χ4v) is 6.53. The van der Waals surface area contributed by atoms with Crippen molar-refractivity contribution in [3.8, 4) is 0 Å². The molecule has 0 aliphatic heterocycles. The van der Waals surface area contributed by atoms with Crippen LogP contribution in [0.4, 0.5) is 0 Å². The molecule has 0 saturated heterocycles. The summed E-state index contributed by atoms with van der Waals surface area (Å²) < 4.78 is 5.30. The molecule has 0 bridgehead atoms. The molecule has 0 amide bonds. The summed E-state index contributed by atoms with van der Waals surface area (Å²) in [6.45, 7) is 1.50. The van der Waals surface area contributed by atoms with E-state index in [0.717, 1.165) is 86.6 Å². The minimum Gasteiger partial charge on any atom is -0.478 e. The van der Waals surface area contributed by atoms with Gasteiger partial charge in [-0.3, -0.25) is 9.59 Å². The maximum atomic E-state index is 14.7. The third-order valence-corrected chi connectivity index (χ3v) is 9.19. The van der Waals surface area contributed by atoms with Crippen LogP contribution in [-0.2, 0) is 25.2 Å². The van der Waals surface area contributed by atoms with E-state index in [2.05, 4.69) is 0 Å². The highest BCUT2D eigenvalue weighted by Crippen LogP contribution is 2.43. The molecule has 0 atom stereocenters. The van der Waals surface area contributed by atoms with Gasteiger partial charge in [0.05, 0.1) is 44.5 Å². The standard InChI is InChI=1S/C38H26O19/c1-37(19-11-3-7-15(27(39)40)23(19)31(47)48,20-12-4-8-16(28(41)42)24(20)32(49)50)35(55)57-36(56)38(2,21-13-5-9-17(29(43)44)25(21)33(51)52)22-14-6-10-18(30(45)46)26(22)34(53)54/h3-14H,1-2H3,(H,39,40)(H,41,42)(H,43,44)(H,45,46)(H,47,48)(H,49,50)(H,51,52)(H,53,54). The van der Waals surface area contributed by atoms with E-state index < -0.39 is 137 Å². The van der Waals surface area contributed by atoms with E-state index >= 15 is 0 Å². The molecule has 4 aromatic carbocycles. The lowest BCUT2D eigenvalue weighted by atomic mass is 9.70. The summed E-state index contributed by atoms with van der Waals surface area (Å²) in [6.07, 6.45) is 0. The van der Waals surface area contributed by atoms with Gasteiger partial charge in [-0.2, -0.15) is 0 Å². The maximum absolute atomic E-state index is 14.7. The van der Waals surface area contributed by atoms with Crippen molar-refractivity contribution >= 4 is 59.7 Å². The Labute approximate surface area is 317 Å². The molecule has 0 aromatic heterocycles. The van der Waals surface area contributed by atoms with Crippen molar-refractivity contribution in [3.05, 3.63) is 140 Å². The van der Waals surface area contributed by atoms with Crippen molar-refractivity contribution in [2.45, 2.75) is 24.7 Å². The second-order valence-electron chi connectivity index (χ2n) is 12.3. The minimum absolute atomic E-state index is 0.752. The number of carboxylic acids is 8. The van der Waals surface area contributed by atoms with E-state index in [4.69, 9.17) is 4.74 Å². The van der Waals surface area contributed by atoms with Gasteiger partial charge in [-0.1, -0.05) is 48.5 Å². The molecule has 19 nitrogen and oxygen atoms in total. The average molecular weight is 787 g/mol. The highest BCUT2D eigenvalue weighted by molar-refractivity contribution is 6.12. The molecule has 0 heterocycles. The molecule has 4 rings (SSSR count). The second-order valence-corrected chi connectivity index (χ2v) is 12.3. The van der Waals surface area contributed by atoms with Crippen LogP contribution < -0.4 is 0 Å². The van der Waals surface area contributed by atoms with Crippen LogP contribution in [0.3, 0.4) is 0 Å². The fourth-order valence-electron chi connectivity index (χ4n) is 6.53. The molecule has 57 heavy (non-hydrogen) atoms. The van der Waals surface area contributed by atoms with Crippen molar-refractivity contribution in [3.63, 3.8) is 0 Å². The molecule has 0 saturated carbocycles. The van der Waals surface area contributed by atoms with Crippen molar-refractivity contribution in [1.29, 1.82) is 0 Å². The Morgan fingerprint density at radius 1 is 0.351 bits per heavy atom. The summed E-state index contributed by atoms with van der Waals surface area (Å²) in [6, 6.07) is 10.2. The van der Waals surface area contributed by atoms with Gasteiger partial charge >= 0.3 is 59.7 Å². The number of hydrogen-bond acceptors (Lipinski definition) is 11. The second kappa shape index (κ2) is 15.3. The van der Waals surface area contributed by atoms with Crippen LogP contribution in [-0.4, -0.2) is 101 Å². The Bertz CT molecular complexity index is 2170. The zero-order valence-corrected chi connectivity index (χ0v) is 29.0. The lowest BCUT2D eigenvalue weighted by molar-refractivity contribution is -0.165. The number of carboxylic acid groups (broad SMARTS) is 8. The first kappa shape index (κ1) is 41.5. The van der Waals surface area contributed by atoms with E-state index in [1.807, 2.05) is 0 Å². The van der Waals surface area contributed by atoms with Crippen molar-refractivity contribution in [2.24, 2.45) is 0 Å². The molecule has 292 valence electrons. The summed E-state index contributed by atoms with van der Waals surface area (Å²) in [5, 5.41) is 80.3. The lowest BCUT2D eigenvalue weighted by Crippen LogP contribution is -2.45. The van der Waals surface area contributed by atoms with E-state index in [9.17, 15) is 88.8 Å². The van der Waals surface area contributed by atoms with Gasteiger partial charge in [0.2, 0.25) is 0 Å². The number of carbonyl (C=O) groups is 10. The van der Waals surface area contributed by atoms with Gasteiger partial charge in [-0.05, 0) is 60.4 Å². The highest BCUT2D eigenvalue weighted by atomic mass is 16.6. The molecule has 8 N–H and O–H groups in total. The number of ether oxygens (including phenoxy) is 1. The largest absolute Gasteiger partial charge is 0.478 e. The Morgan fingerprint density at radius 3 is 0.702 bits per heavy atom. The first-order valence-electron chi connectivity index (χ1n) is 15.7. The Balaban J connectivity index is 2.21. The molecular weight excluding hydrogens is 760 g/mol. The molecule has 0 spiro atoms. The summed E-state index contributed by atoms with van der Waals surface area (Å²) in [7, 11) is 0. The smallest absolute Gasteiger partial charge is 0.336 e. The molecule has 0 aliphatic carbocycles. The predicted octanol–water partition coefficient (Wildman–Crippen LogP) is 3.65. The van der Waals surface area contributed by atoms with E-state index in [1.54, 1.807) is 0 Å². The van der Waals surface area contributed by atoms with Crippen LogP contribution in [0.5, 0.6) is 0 Å². The zero-order valence-electron chi connectivity index (χ0n) is 29.0. The molecule has 0 aliphatic rings. The number of esters is 2. The molecule has 0 radical (unpaired) electrons. The van der Waals surface area contributed by atoms with Crippen LogP contribution in [0.25, 0.3) is 0 Å². The summed E-state index contributed by atoms with van der Waals surface area (Å²) in [5.41, 5.74) is -18.1. The van der Waals surface area contributed by atoms with Gasteiger partial charge in [-0.15, -0.1) is 0 Å². The lowest BCUT2D eigenvalue weighted by Gasteiger charge is -2.35. The number of carbonyl (C=O) groups excluding carboxylic acids is 2. The van der Waals surface area contributed by atoms with Crippen LogP contribution in [0, 0.1) is 0 Å². The first-order chi connectivity index (χ1) is 26.5. The molecule has 0 unspecified atom stereocenters. The van der Waals surface area contributed by atoms with Crippen LogP contribution in [0.1, 0.15) is 119 Å². The molecule has 19 heteroatoms. The Morgan fingerprint density at radius 2 is 0.544 bits per heavy atom. The number of benzene rings is 4. The normalized spacial score (nSPS) is 11.2. The van der Waals surface area contributed by atoms with Crippen molar-refractivity contribution in [2.75, 3.05) is 0 Å². The Hall–Kier alpha value is -8.22. The topological polar surface area (TPSA) is 342 Å². The molecule has 0 fully saturated rings. The van der Waals surface area contributed by atoms with Crippen molar-refractivity contribution in [1.82, 2.24) is 0 Å². The summed E-state index contributed by atoms with van der Waals surface area (Å²) >= 11 is 0. The van der Waals surface area contributed by atoms with Crippen LogP contribution in [0.2, 0.25) is 0 Å². The maximum Gasteiger partial charge on any atom is 0.336 e. The van der Waals surface area contributed by atoms with Gasteiger partial charge < -0.3 is 45.6 Å². The minimum atomic E-state index is -3.01. The van der Waals surface area contributed by atoms with E-state index in [1.165, 1.54) is 0 Å². The SMILES string of the molecule is CC(C(=O)OC(=O)C(C)(c1cccc(C(=O)O)c1C(=O)O)c1cccc(C(=O)O)c1C(=O)O)(c1cccc(C(=O)O)c1C(=O)O)c1cccc(C(=O)O)c1C(=O)O. The number of aromatic carboxylic acids is 8. The van der Waals surface area contributed by atoms with Gasteiger partial charge in [0, 0.05) is 0 Å². The van der Waals surface area contributed by atoms with Crippen LogP contribution >= 0.6 is 0 Å². The summed E-state index contributed by atoms with van der Waals surface area (Å²) in [4.78, 5) is 129. The van der Waals surface area contributed by atoms with E-state index in [0.29, 0.717) is 0 Å². The summed E-state index contributed by atoms with van der Waals surface area (Å²) in [5.74, 6) is -19.5. The highest BCUT2D eigenvalue weighted by Gasteiger charge is 2.51. The monoisotopic (exact) mass is 786 g/mol. The third kappa shape index (κ3) is 6.98. The fraction of sp³-hybridized carbons (Fsp3) is 0.105. The number of hydrogen-bond donors (Lipinski definition) is 8. The van der Waals surface area contributed by atoms with E-state index in [-0.39, 0.29) is 0 Å². The zero-order chi connectivity index (χ0) is 42.9. The third-order valence-electron chi connectivity index (χ3n) is 9.19. The predicted molar refractivity (Wildman–Crippen MR) is 185 cm³/mol. The van der Waals surface area contributed by atoms with Gasteiger partial charge in [0.1, 0.15) is 10.8 Å². The molecular formula is C38H26O19. The number of rotatable bonds is 14. The molecule has 4 aromatic rings. The Kier molecular flexibility index (Phi) is 11.1. The van der Waals surface area contributed by atoms with Gasteiger partial charge in [0.15, 0.2) is 0 Å².